The van der Waals surface area contributed by atoms with Crippen LogP contribution >= 0.6 is 0 Å². The molecule has 1 aromatic carbocycles. The molecule has 3 fully saturated rings. The lowest BCUT2D eigenvalue weighted by Crippen LogP contribution is -2.66. The van der Waals surface area contributed by atoms with Crippen LogP contribution in [0, 0.1) is 17.8 Å². The van der Waals surface area contributed by atoms with Crippen molar-refractivity contribution < 1.29 is 59.7 Å². The van der Waals surface area contributed by atoms with Gasteiger partial charge in [0.2, 0.25) is 33.6 Å². The fourth-order valence-corrected chi connectivity index (χ4v) is 9.78. The maximum atomic E-state index is 15.0. The molecule has 4 amide bonds. The number of fused-ring (bicyclic) bond motifs is 3. The second-order valence-corrected chi connectivity index (χ2v) is 19.0. The molecule has 0 spiro atoms. The maximum Gasteiger partial charge on any atom is 0.411 e. The summed E-state index contributed by atoms with van der Waals surface area (Å²) in [5, 5.41) is 14.4. The number of hydrogen-bond acceptors (Lipinski definition) is 9. The van der Waals surface area contributed by atoms with E-state index in [1.54, 1.807) is 49.4 Å². The molecule has 7 atom stereocenters. The molecule has 1 saturated heterocycles. The number of aromatic nitrogens is 1. The van der Waals surface area contributed by atoms with E-state index in [0.717, 1.165) is 4.90 Å². The summed E-state index contributed by atoms with van der Waals surface area (Å²) in [6, 6.07) is 5.27. The van der Waals surface area contributed by atoms with E-state index in [9.17, 15) is 45.5 Å². The predicted molar refractivity (Wildman–Crippen MR) is 207 cm³/mol. The van der Waals surface area contributed by atoms with Gasteiger partial charge in [-0.25, -0.2) is 17.6 Å². The second kappa shape index (κ2) is 16.1. The van der Waals surface area contributed by atoms with Gasteiger partial charge in [0.25, 0.3) is 5.91 Å². The molecule has 3 heterocycles. The zero-order chi connectivity index (χ0) is 43.3. The van der Waals surface area contributed by atoms with Crippen LogP contribution in [0.5, 0.6) is 11.8 Å². The minimum absolute atomic E-state index is 0.00321. The summed E-state index contributed by atoms with van der Waals surface area (Å²) in [5.41, 5.74) is -4.90. The molecule has 59 heavy (non-hydrogen) atoms. The third-order valence-corrected chi connectivity index (χ3v) is 14.4. The quantitative estimate of drug-likeness (QED) is 0.204. The lowest BCUT2D eigenvalue weighted by atomic mass is 9.85. The van der Waals surface area contributed by atoms with Crippen molar-refractivity contribution in [2.45, 2.75) is 120 Å². The van der Waals surface area contributed by atoms with E-state index in [2.05, 4.69) is 10.3 Å². The Morgan fingerprint density at radius 3 is 2.46 bits per heavy atom. The lowest BCUT2D eigenvalue weighted by Gasteiger charge is -2.45. The van der Waals surface area contributed by atoms with Crippen molar-refractivity contribution in [3.8, 4) is 11.8 Å². The van der Waals surface area contributed by atoms with E-state index < -0.39 is 99.1 Å². The van der Waals surface area contributed by atoms with E-state index in [0.29, 0.717) is 37.5 Å². The molecule has 1 aromatic heterocycles. The smallest absolute Gasteiger partial charge is 0.411 e. The highest BCUT2D eigenvalue weighted by Gasteiger charge is 2.64. The number of carbonyl (C=O) groups excluding carboxylic acids is 3. The summed E-state index contributed by atoms with van der Waals surface area (Å²) < 4.78 is 96.6. The Morgan fingerprint density at radius 1 is 1.14 bits per heavy atom. The molecule has 19 heteroatoms. The van der Waals surface area contributed by atoms with Gasteiger partial charge >= 0.3 is 12.3 Å². The highest BCUT2D eigenvalue weighted by Crippen LogP contribution is 2.48. The van der Waals surface area contributed by atoms with Crippen molar-refractivity contribution in [3.05, 3.63) is 42.5 Å². The van der Waals surface area contributed by atoms with Crippen molar-refractivity contribution in [2.75, 3.05) is 19.8 Å². The zero-order valence-electron chi connectivity index (χ0n) is 33.6. The van der Waals surface area contributed by atoms with Gasteiger partial charge in [0, 0.05) is 23.8 Å². The summed E-state index contributed by atoms with van der Waals surface area (Å²) in [5.74, 6) is -4.75. The third-order valence-electron chi connectivity index (χ3n) is 12.3. The number of pyridine rings is 1. The normalized spacial score (nSPS) is 29.2. The number of alkyl halides is 4. The highest BCUT2D eigenvalue weighted by atomic mass is 32.2. The van der Waals surface area contributed by atoms with Gasteiger partial charge in [0.15, 0.2) is 0 Å². The molecule has 2 aromatic rings. The van der Waals surface area contributed by atoms with Gasteiger partial charge in [-0.05, 0) is 82.6 Å². The number of allylic oxidation sites excluding steroid dienone is 1. The summed E-state index contributed by atoms with van der Waals surface area (Å²) in [4.78, 5) is 62.1. The fraction of sp³-hybridized carbons (Fsp3) is 0.625. The van der Waals surface area contributed by atoms with Gasteiger partial charge in [0.05, 0.1) is 13.2 Å². The fourth-order valence-electron chi connectivity index (χ4n) is 8.35. The third kappa shape index (κ3) is 8.40. The Labute approximate surface area is 340 Å². The standard InChI is InChI=1S/C40H51F4N5O9S/c1-6-57-30-18-25-12-8-10-14-28(25)33(45-30)58-27-19-29-32(50)46-39(35(52)47-59(55,56)38(22-41)15-16-38)20-26(39)13-9-7-11-23(2)17-24(3)31(34(51)48(29)21-27)49(36(53)54)37(4,5)40(42,43)44/h8-10,12-14,18,23-24,26-27,29,31H,6-7,11,15-17,19-22H2,1-5H3,(H,46,50)(H,47,52)(H,53,54)/b13-9-/t23-,24-,26-,27-,29+,31+,39-/m1/s1. The first-order valence-corrected chi connectivity index (χ1v) is 21.3. The SMILES string of the molecule is CCOc1cc2ccccc2c(O[C@@H]2C[C@H]3C(=O)N[C@]4(C(=O)NS(=O)(=O)C5(CF)CC5)C[C@H]4/C=C\CC[C@@H](C)C[C@@H](C)[C@H](N(C(=O)O)C(C)(C)C(F)(F)F)C(=O)N3C2)n1. The first-order valence-electron chi connectivity index (χ1n) is 19.8. The second-order valence-electron chi connectivity index (χ2n) is 16.9. The van der Waals surface area contributed by atoms with Crippen LogP contribution < -0.4 is 19.5 Å². The number of amides is 4. The van der Waals surface area contributed by atoms with Crippen LogP contribution in [0.1, 0.15) is 79.6 Å². The van der Waals surface area contributed by atoms with Crippen LogP contribution in [-0.2, 0) is 24.4 Å². The molecule has 2 aliphatic heterocycles. The number of sulfonamides is 1. The number of carboxylic acid groups (broad SMARTS) is 1. The number of halogens is 4. The minimum atomic E-state index is -5.12. The molecular formula is C40H51F4N5O9S. The number of rotatable bonds is 10. The summed E-state index contributed by atoms with van der Waals surface area (Å²) in [6.07, 6.45) is -4.02. The van der Waals surface area contributed by atoms with Crippen LogP contribution in [0.25, 0.3) is 10.8 Å². The molecule has 0 radical (unpaired) electrons. The van der Waals surface area contributed by atoms with Crippen LogP contribution in [-0.4, -0.2) is 112 Å². The van der Waals surface area contributed by atoms with Crippen LogP contribution in [0.3, 0.4) is 0 Å². The van der Waals surface area contributed by atoms with Gasteiger partial charge in [-0.15, -0.1) is 0 Å². The highest BCUT2D eigenvalue weighted by molar-refractivity contribution is 7.91. The van der Waals surface area contributed by atoms with Gasteiger partial charge in [-0.3, -0.25) is 24.0 Å². The Hall–Kier alpha value is -4.68. The van der Waals surface area contributed by atoms with Crippen molar-refractivity contribution in [2.24, 2.45) is 17.8 Å². The van der Waals surface area contributed by atoms with E-state index in [4.69, 9.17) is 9.47 Å². The predicted octanol–water partition coefficient (Wildman–Crippen LogP) is 5.51. The average Bonchev–Trinajstić information content (AvgIpc) is 4.06. The lowest BCUT2D eigenvalue weighted by molar-refractivity contribution is -0.222. The number of benzene rings is 1. The van der Waals surface area contributed by atoms with Gasteiger partial charge in [-0.1, -0.05) is 44.2 Å². The van der Waals surface area contributed by atoms with E-state index in [-0.39, 0.29) is 61.3 Å². The summed E-state index contributed by atoms with van der Waals surface area (Å²) in [6.45, 7) is 5.08. The number of carbonyl (C=O) groups is 4. The van der Waals surface area contributed by atoms with Crippen LogP contribution in [0.4, 0.5) is 22.4 Å². The average molecular weight is 854 g/mol. The largest absolute Gasteiger partial charge is 0.478 e. The first-order chi connectivity index (χ1) is 27.6. The van der Waals surface area contributed by atoms with Crippen molar-refractivity contribution in [3.63, 3.8) is 0 Å². The van der Waals surface area contributed by atoms with Crippen LogP contribution in [0.15, 0.2) is 42.5 Å². The molecule has 4 aliphatic rings. The topological polar surface area (TPSA) is 185 Å². The van der Waals surface area contributed by atoms with Crippen molar-refractivity contribution in [1.29, 1.82) is 0 Å². The van der Waals surface area contributed by atoms with E-state index in [1.165, 1.54) is 6.92 Å². The zero-order valence-corrected chi connectivity index (χ0v) is 34.4. The number of nitrogens with one attached hydrogen (secondary N) is 2. The molecule has 3 N–H and O–H groups in total. The van der Waals surface area contributed by atoms with E-state index in [1.807, 2.05) is 11.6 Å². The Kier molecular flexibility index (Phi) is 11.9. The molecule has 0 unspecified atom stereocenters. The van der Waals surface area contributed by atoms with Gasteiger partial charge in [0.1, 0.15) is 40.7 Å². The molecule has 6 rings (SSSR count). The monoisotopic (exact) mass is 853 g/mol. The maximum absolute atomic E-state index is 15.0. The Balaban J connectivity index is 1.43. The Morgan fingerprint density at radius 2 is 1.83 bits per heavy atom. The number of ether oxygens (including phenoxy) is 2. The van der Waals surface area contributed by atoms with Crippen LogP contribution in [0.2, 0.25) is 0 Å². The summed E-state index contributed by atoms with van der Waals surface area (Å²) >= 11 is 0. The molecular weight excluding hydrogens is 803 g/mol. The molecule has 2 saturated carbocycles. The molecule has 14 nitrogen and oxygen atoms in total. The number of hydrogen-bond donors (Lipinski definition) is 3. The number of nitrogens with zero attached hydrogens (tertiary/aromatic N) is 3. The summed E-state index contributed by atoms with van der Waals surface area (Å²) in [7, 11) is -4.51. The Bertz CT molecular complexity index is 2110. The molecule has 0 bridgehead atoms. The molecule has 324 valence electrons. The first kappa shape index (κ1) is 43.9. The van der Waals surface area contributed by atoms with Gasteiger partial charge in [-0.2, -0.15) is 18.2 Å². The van der Waals surface area contributed by atoms with Crippen molar-refractivity contribution in [1.82, 2.24) is 24.8 Å². The van der Waals surface area contributed by atoms with E-state index >= 15 is 4.79 Å². The minimum Gasteiger partial charge on any atom is -0.478 e. The van der Waals surface area contributed by atoms with Gasteiger partial charge < -0.3 is 24.8 Å². The van der Waals surface area contributed by atoms with Crippen molar-refractivity contribution >= 4 is 44.6 Å². The molecule has 2 aliphatic carbocycles.